The van der Waals surface area contributed by atoms with Crippen LogP contribution in [-0.2, 0) is 0 Å². The lowest BCUT2D eigenvalue weighted by atomic mass is 9.95. The molecule has 2 rings (SSSR count). The van der Waals surface area contributed by atoms with E-state index in [0.717, 1.165) is 12.8 Å². The highest BCUT2D eigenvalue weighted by Crippen LogP contribution is 2.24. The molecular weight excluding hydrogens is 311 g/mol. The minimum absolute atomic E-state index is 0.0387. The van der Waals surface area contributed by atoms with Crippen molar-refractivity contribution in [2.24, 2.45) is 0 Å². The number of benzene rings is 1. The number of nitrogens with one attached hydrogen (secondary N) is 1. The first-order valence-corrected chi connectivity index (χ1v) is 7.38. The SMILES string of the molecule is Nc1c(F)cc(C(=O)CNC2CCCCC2)cc1Br. The van der Waals surface area contributed by atoms with E-state index in [1.807, 2.05) is 0 Å². The molecule has 1 aliphatic rings. The normalized spacial score (nSPS) is 16.5. The summed E-state index contributed by atoms with van der Waals surface area (Å²) in [4.78, 5) is 12.0. The summed E-state index contributed by atoms with van der Waals surface area (Å²) in [5.74, 6) is -0.666. The maximum absolute atomic E-state index is 13.5. The van der Waals surface area contributed by atoms with Crippen LogP contribution in [0.2, 0.25) is 0 Å². The van der Waals surface area contributed by atoms with Gasteiger partial charge in [-0.15, -0.1) is 0 Å². The van der Waals surface area contributed by atoms with Gasteiger partial charge in [0, 0.05) is 16.1 Å². The third-order valence-corrected chi connectivity index (χ3v) is 4.21. The van der Waals surface area contributed by atoms with E-state index in [4.69, 9.17) is 5.73 Å². The fourth-order valence-corrected chi connectivity index (χ4v) is 2.83. The Morgan fingerprint density at radius 3 is 2.68 bits per heavy atom. The number of carbonyl (C=O) groups excluding carboxylic acids is 1. The molecule has 0 spiro atoms. The number of rotatable bonds is 4. The highest BCUT2D eigenvalue weighted by molar-refractivity contribution is 9.10. The number of nitrogens with two attached hydrogens (primary N) is 1. The summed E-state index contributed by atoms with van der Waals surface area (Å²) < 4.78 is 13.9. The van der Waals surface area contributed by atoms with Crippen LogP contribution in [0.1, 0.15) is 42.5 Å². The maximum Gasteiger partial charge on any atom is 0.176 e. The Morgan fingerprint density at radius 2 is 2.05 bits per heavy atom. The lowest BCUT2D eigenvalue weighted by Gasteiger charge is -2.22. The summed E-state index contributed by atoms with van der Waals surface area (Å²) >= 11 is 3.16. The number of carbonyl (C=O) groups is 1. The molecule has 5 heteroatoms. The monoisotopic (exact) mass is 328 g/mol. The molecule has 0 unspecified atom stereocenters. The van der Waals surface area contributed by atoms with Gasteiger partial charge in [0.05, 0.1) is 12.2 Å². The fraction of sp³-hybridized carbons (Fsp3) is 0.500. The third kappa shape index (κ3) is 3.76. The van der Waals surface area contributed by atoms with Crippen molar-refractivity contribution in [3.05, 3.63) is 28.0 Å². The molecule has 0 heterocycles. The van der Waals surface area contributed by atoms with E-state index in [-0.39, 0.29) is 18.0 Å². The zero-order chi connectivity index (χ0) is 13.8. The van der Waals surface area contributed by atoms with E-state index >= 15 is 0 Å². The van der Waals surface area contributed by atoms with Crippen LogP contribution >= 0.6 is 15.9 Å². The van der Waals surface area contributed by atoms with E-state index in [1.54, 1.807) is 6.07 Å². The lowest BCUT2D eigenvalue weighted by Crippen LogP contribution is -2.35. The average molecular weight is 329 g/mol. The van der Waals surface area contributed by atoms with Gasteiger partial charge in [-0.05, 0) is 40.9 Å². The van der Waals surface area contributed by atoms with Crippen LogP contribution in [0.25, 0.3) is 0 Å². The van der Waals surface area contributed by atoms with Gasteiger partial charge in [-0.2, -0.15) is 0 Å². The number of Topliss-reactive ketones (excluding diaryl/α,β-unsaturated/α-hetero) is 1. The molecule has 19 heavy (non-hydrogen) atoms. The van der Waals surface area contributed by atoms with Gasteiger partial charge in [0.2, 0.25) is 0 Å². The molecule has 0 atom stereocenters. The van der Waals surface area contributed by atoms with Crippen LogP contribution < -0.4 is 11.1 Å². The van der Waals surface area contributed by atoms with Gasteiger partial charge < -0.3 is 11.1 Å². The van der Waals surface area contributed by atoms with E-state index in [9.17, 15) is 9.18 Å². The van der Waals surface area contributed by atoms with Gasteiger partial charge >= 0.3 is 0 Å². The van der Waals surface area contributed by atoms with E-state index in [1.165, 1.54) is 25.3 Å². The quantitative estimate of drug-likeness (QED) is 0.658. The number of anilines is 1. The van der Waals surface area contributed by atoms with Crippen molar-refractivity contribution in [1.29, 1.82) is 0 Å². The number of halogens is 2. The van der Waals surface area contributed by atoms with Gasteiger partial charge in [0.15, 0.2) is 5.78 Å². The van der Waals surface area contributed by atoms with Gasteiger partial charge in [0.1, 0.15) is 5.82 Å². The van der Waals surface area contributed by atoms with Crippen molar-refractivity contribution in [1.82, 2.24) is 5.32 Å². The highest BCUT2D eigenvalue weighted by atomic mass is 79.9. The van der Waals surface area contributed by atoms with Crippen LogP contribution in [0.4, 0.5) is 10.1 Å². The molecule has 3 nitrogen and oxygen atoms in total. The second-order valence-corrected chi connectivity index (χ2v) is 5.85. The van der Waals surface area contributed by atoms with E-state index < -0.39 is 5.82 Å². The Hall–Kier alpha value is -0.940. The smallest absolute Gasteiger partial charge is 0.176 e. The third-order valence-electron chi connectivity index (χ3n) is 3.56. The first-order chi connectivity index (χ1) is 9.08. The lowest BCUT2D eigenvalue weighted by molar-refractivity contribution is 0.0984. The van der Waals surface area contributed by atoms with Gasteiger partial charge in [-0.3, -0.25) is 4.79 Å². The predicted octanol–water partition coefficient (Wildman–Crippen LogP) is 3.28. The summed E-state index contributed by atoms with van der Waals surface area (Å²) in [6.07, 6.45) is 5.95. The summed E-state index contributed by atoms with van der Waals surface area (Å²) in [5, 5.41) is 3.25. The Balaban J connectivity index is 1.96. The molecule has 3 N–H and O–H groups in total. The molecule has 0 aromatic heterocycles. The molecule has 0 bridgehead atoms. The highest BCUT2D eigenvalue weighted by Gasteiger charge is 2.16. The molecule has 0 saturated heterocycles. The number of hydrogen-bond donors (Lipinski definition) is 2. The molecule has 0 radical (unpaired) electrons. The zero-order valence-electron chi connectivity index (χ0n) is 10.7. The van der Waals surface area contributed by atoms with Crippen molar-refractivity contribution < 1.29 is 9.18 Å². The first kappa shape index (κ1) is 14.5. The molecule has 0 aliphatic heterocycles. The number of ketones is 1. The van der Waals surface area contributed by atoms with Crippen LogP contribution in [0.5, 0.6) is 0 Å². The van der Waals surface area contributed by atoms with Gasteiger partial charge in [-0.1, -0.05) is 19.3 Å². The van der Waals surface area contributed by atoms with Crippen LogP contribution in [0, 0.1) is 5.82 Å². The van der Waals surface area contributed by atoms with E-state index in [2.05, 4.69) is 21.2 Å². The molecule has 0 amide bonds. The minimum atomic E-state index is -0.560. The summed E-state index contributed by atoms with van der Waals surface area (Å²) in [5.41, 5.74) is 5.88. The van der Waals surface area contributed by atoms with Crippen molar-refractivity contribution in [3.63, 3.8) is 0 Å². The Kier molecular flexibility index (Phi) is 4.93. The Labute approximate surface area is 120 Å². The number of nitrogen functional groups attached to an aromatic ring is 1. The summed E-state index contributed by atoms with van der Waals surface area (Å²) in [7, 11) is 0. The maximum atomic E-state index is 13.5. The standard InChI is InChI=1S/C14H18BrFN2O/c15-11-6-9(7-12(16)14(11)17)13(19)8-18-10-4-2-1-3-5-10/h6-7,10,18H,1-5,8,17H2. The second kappa shape index (κ2) is 6.48. The molecule has 1 aromatic carbocycles. The largest absolute Gasteiger partial charge is 0.395 e. The first-order valence-electron chi connectivity index (χ1n) is 6.59. The van der Waals surface area contributed by atoms with Crippen LogP contribution in [0.15, 0.2) is 16.6 Å². The Morgan fingerprint density at radius 1 is 1.37 bits per heavy atom. The van der Waals surface area contributed by atoms with Crippen LogP contribution in [0.3, 0.4) is 0 Å². The minimum Gasteiger partial charge on any atom is -0.395 e. The topological polar surface area (TPSA) is 55.1 Å². The molecule has 1 fully saturated rings. The zero-order valence-corrected chi connectivity index (χ0v) is 12.3. The van der Waals surface area contributed by atoms with Crippen molar-refractivity contribution >= 4 is 27.4 Å². The van der Waals surface area contributed by atoms with Crippen molar-refractivity contribution in [3.8, 4) is 0 Å². The molecular formula is C14H18BrFN2O. The fourth-order valence-electron chi connectivity index (χ4n) is 2.39. The molecule has 1 saturated carbocycles. The van der Waals surface area contributed by atoms with Gasteiger partial charge in [0.25, 0.3) is 0 Å². The number of hydrogen-bond acceptors (Lipinski definition) is 3. The average Bonchev–Trinajstić information content (AvgIpc) is 2.42. The summed E-state index contributed by atoms with van der Waals surface area (Å²) in [6.45, 7) is 0.250. The van der Waals surface area contributed by atoms with Crippen molar-refractivity contribution in [2.75, 3.05) is 12.3 Å². The predicted molar refractivity (Wildman–Crippen MR) is 77.7 cm³/mol. The summed E-state index contributed by atoms with van der Waals surface area (Å²) in [6, 6.07) is 3.19. The van der Waals surface area contributed by atoms with Crippen molar-refractivity contribution in [2.45, 2.75) is 38.1 Å². The second-order valence-electron chi connectivity index (χ2n) is 4.99. The molecule has 104 valence electrons. The van der Waals surface area contributed by atoms with Gasteiger partial charge in [-0.25, -0.2) is 4.39 Å². The molecule has 1 aromatic rings. The van der Waals surface area contributed by atoms with E-state index in [0.29, 0.717) is 16.1 Å². The molecule has 1 aliphatic carbocycles. The van der Waals surface area contributed by atoms with Crippen LogP contribution in [-0.4, -0.2) is 18.4 Å². The Bertz CT molecular complexity index is 450.